The van der Waals surface area contributed by atoms with Crippen molar-refractivity contribution in [1.29, 1.82) is 0 Å². The van der Waals surface area contributed by atoms with Crippen molar-refractivity contribution in [3.05, 3.63) is 40.6 Å². The lowest BCUT2D eigenvalue weighted by atomic mass is 9.97. The first-order valence-electron chi connectivity index (χ1n) is 9.24. The maximum atomic E-state index is 12.6. The topological polar surface area (TPSA) is 88.6 Å². The summed E-state index contributed by atoms with van der Waals surface area (Å²) >= 11 is 2.75. The van der Waals surface area contributed by atoms with E-state index in [1.165, 1.54) is 17.9 Å². The van der Waals surface area contributed by atoms with Crippen LogP contribution in [0.3, 0.4) is 0 Å². The molecule has 0 aliphatic carbocycles. The second-order valence-electron chi connectivity index (χ2n) is 6.85. The van der Waals surface area contributed by atoms with Crippen molar-refractivity contribution >= 4 is 54.0 Å². The fourth-order valence-electron chi connectivity index (χ4n) is 3.38. The lowest BCUT2D eigenvalue weighted by Crippen LogP contribution is -2.38. The molecule has 0 radical (unpaired) electrons. The first-order chi connectivity index (χ1) is 14.0. The maximum Gasteiger partial charge on any atom is 0.349 e. The second kappa shape index (κ2) is 8.39. The van der Waals surface area contributed by atoms with E-state index in [9.17, 15) is 13.2 Å². The number of carbonyl (C=O) groups excluding carboxylic acids is 1. The van der Waals surface area contributed by atoms with E-state index < -0.39 is 16.0 Å². The van der Waals surface area contributed by atoms with Crippen LogP contribution in [-0.4, -0.2) is 46.1 Å². The van der Waals surface area contributed by atoms with Gasteiger partial charge >= 0.3 is 5.97 Å². The van der Waals surface area contributed by atoms with Crippen LogP contribution in [-0.2, 0) is 14.8 Å². The zero-order valence-corrected chi connectivity index (χ0v) is 18.3. The molecule has 1 aliphatic heterocycles. The Kier molecular flexibility index (Phi) is 5.86. The van der Waals surface area contributed by atoms with E-state index in [4.69, 9.17) is 4.98 Å². The Morgan fingerprint density at radius 2 is 2.03 bits per heavy atom. The lowest BCUT2D eigenvalue weighted by molar-refractivity contribution is 0.0602. The third kappa shape index (κ3) is 4.30. The van der Waals surface area contributed by atoms with Gasteiger partial charge in [-0.3, -0.25) is 0 Å². The number of anilines is 1. The number of piperidine rings is 1. The molecular weight excluding hydrogens is 430 g/mol. The number of esters is 1. The summed E-state index contributed by atoms with van der Waals surface area (Å²) in [7, 11) is -2.51. The number of para-hydroxylation sites is 1. The highest BCUT2D eigenvalue weighted by Gasteiger charge is 2.27. The van der Waals surface area contributed by atoms with Gasteiger partial charge in [0.05, 0.1) is 17.3 Å². The summed E-state index contributed by atoms with van der Waals surface area (Å²) in [6.07, 6.45) is 1.76. The molecule has 154 valence electrons. The minimum Gasteiger partial charge on any atom is -0.465 e. The van der Waals surface area contributed by atoms with Gasteiger partial charge < -0.3 is 9.64 Å². The number of rotatable bonds is 6. The smallest absolute Gasteiger partial charge is 0.349 e. The highest BCUT2D eigenvalue weighted by Crippen LogP contribution is 2.31. The molecule has 2 aromatic heterocycles. The van der Waals surface area contributed by atoms with Crippen LogP contribution >= 0.6 is 22.7 Å². The first-order valence-corrected chi connectivity index (χ1v) is 12.4. The number of hydrogen-bond donors (Lipinski definition) is 1. The molecule has 0 spiro atoms. The SMILES string of the molecule is COC(=O)c1sccc1S(=O)(=O)NCC1CCN(c2nc3ccccc3s2)CC1. The minimum absolute atomic E-state index is 0.0127. The number of thiophene rings is 1. The Labute approximate surface area is 177 Å². The second-order valence-corrected chi connectivity index (χ2v) is 10.5. The average Bonchev–Trinajstić information content (AvgIpc) is 3.39. The number of ether oxygens (including phenoxy) is 1. The van der Waals surface area contributed by atoms with Crippen LogP contribution in [0.1, 0.15) is 22.5 Å². The predicted molar refractivity (Wildman–Crippen MR) is 115 cm³/mol. The molecule has 0 saturated carbocycles. The number of aromatic nitrogens is 1. The van der Waals surface area contributed by atoms with Crippen LogP contribution in [0.2, 0.25) is 0 Å². The van der Waals surface area contributed by atoms with E-state index >= 15 is 0 Å². The van der Waals surface area contributed by atoms with Gasteiger partial charge in [0.1, 0.15) is 9.77 Å². The van der Waals surface area contributed by atoms with Crippen LogP contribution in [0.5, 0.6) is 0 Å². The van der Waals surface area contributed by atoms with Crippen LogP contribution in [0.4, 0.5) is 5.13 Å². The van der Waals surface area contributed by atoms with Gasteiger partial charge in [-0.2, -0.15) is 0 Å². The zero-order chi connectivity index (χ0) is 20.4. The van der Waals surface area contributed by atoms with Gasteiger partial charge in [-0.25, -0.2) is 22.9 Å². The maximum absolute atomic E-state index is 12.6. The Morgan fingerprint density at radius 3 is 2.76 bits per heavy atom. The summed E-state index contributed by atoms with van der Waals surface area (Å²) in [6.45, 7) is 2.04. The average molecular weight is 452 g/mol. The van der Waals surface area contributed by atoms with Gasteiger partial charge in [0, 0.05) is 19.6 Å². The molecule has 29 heavy (non-hydrogen) atoms. The van der Waals surface area contributed by atoms with Gasteiger partial charge in [-0.1, -0.05) is 23.5 Å². The van der Waals surface area contributed by atoms with Crippen LogP contribution < -0.4 is 9.62 Å². The van der Waals surface area contributed by atoms with Crippen molar-refractivity contribution in [3.8, 4) is 0 Å². The molecule has 3 heterocycles. The summed E-state index contributed by atoms with van der Waals surface area (Å²) in [5.74, 6) is -0.389. The number of fused-ring (bicyclic) bond motifs is 1. The van der Waals surface area contributed by atoms with Crippen molar-refractivity contribution in [2.24, 2.45) is 5.92 Å². The normalized spacial score (nSPS) is 15.7. The molecule has 0 bridgehead atoms. The van der Waals surface area contributed by atoms with Crippen LogP contribution in [0.15, 0.2) is 40.6 Å². The van der Waals surface area contributed by atoms with Gasteiger partial charge in [-0.15, -0.1) is 11.3 Å². The van der Waals surface area contributed by atoms with E-state index in [0.29, 0.717) is 6.54 Å². The Bertz CT molecular complexity index is 1080. The first kappa shape index (κ1) is 20.3. The summed E-state index contributed by atoms with van der Waals surface area (Å²) in [6, 6.07) is 9.54. The molecule has 0 atom stereocenters. The molecule has 1 N–H and O–H groups in total. The molecule has 3 aromatic rings. The molecule has 10 heteroatoms. The molecule has 1 aliphatic rings. The number of benzene rings is 1. The number of thiazole rings is 1. The number of hydrogen-bond acceptors (Lipinski definition) is 8. The lowest BCUT2D eigenvalue weighted by Gasteiger charge is -2.31. The monoisotopic (exact) mass is 451 g/mol. The van der Waals surface area contributed by atoms with Gasteiger partial charge in [0.15, 0.2) is 5.13 Å². The molecule has 0 amide bonds. The molecule has 0 unspecified atom stereocenters. The van der Waals surface area contributed by atoms with Gasteiger partial charge in [0.25, 0.3) is 0 Å². The number of nitrogens with one attached hydrogen (secondary N) is 1. The quantitative estimate of drug-likeness (QED) is 0.578. The Balaban J connectivity index is 1.35. The van der Waals surface area contributed by atoms with E-state index in [2.05, 4.69) is 20.4 Å². The Hall–Kier alpha value is -2.01. The summed E-state index contributed by atoms with van der Waals surface area (Å²) < 4.78 is 33.8. The van der Waals surface area contributed by atoms with E-state index in [1.807, 2.05) is 18.2 Å². The molecular formula is C19H21N3O4S3. The summed E-state index contributed by atoms with van der Waals surface area (Å²) in [4.78, 5) is 18.8. The Morgan fingerprint density at radius 1 is 1.28 bits per heavy atom. The van der Waals surface area contributed by atoms with Crippen molar-refractivity contribution in [2.45, 2.75) is 17.7 Å². The van der Waals surface area contributed by atoms with Crippen molar-refractivity contribution < 1.29 is 17.9 Å². The number of nitrogens with zero attached hydrogens (tertiary/aromatic N) is 2. The van der Waals surface area contributed by atoms with Crippen molar-refractivity contribution in [1.82, 2.24) is 9.71 Å². The highest BCUT2D eigenvalue weighted by atomic mass is 32.2. The largest absolute Gasteiger partial charge is 0.465 e. The van der Waals surface area contributed by atoms with E-state index in [0.717, 1.165) is 47.9 Å². The zero-order valence-electron chi connectivity index (χ0n) is 15.8. The molecule has 7 nitrogen and oxygen atoms in total. The summed E-state index contributed by atoms with van der Waals surface area (Å²) in [5.41, 5.74) is 1.01. The molecule has 4 rings (SSSR count). The van der Waals surface area contributed by atoms with Gasteiger partial charge in [0.2, 0.25) is 10.0 Å². The highest BCUT2D eigenvalue weighted by molar-refractivity contribution is 7.89. The molecule has 1 saturated heterocycles. The van der Waals surface area contributed by atoms with Crippen LogP contribution in [0.25, 0.3) is 10.2 Å². The van der Waals surface area contributed by atoms with E-state index in [-0.39, 0.29) is 15.7 Å². The van der Waals surface area contributed by atoms with Crippen LogP contribution in [0, 0.1) is 5.92 Å². The van der Waals surface area contributed by atoms with Crippen molar-refractivity contribution in [2.75, 3.05) is 31.6 Å². The standard InChI is InChI=1S/C19H21N3O4S3/c1-26-18(23)17-16(8-11-27-17)29(24,25)20-12-13-6-9-22(10-7-13)19-21-14-4-2-3-5-15(14)28-19/h2-5,8,11,13,20H,6-7,9-10,12H2,1H3. The van der Waals surface area contributed by atoms with E-state index in [1.54, 1.807) is 16.7 Å². The fourth-order valence-corrected chi connectivity index (χ4v) is 6.85. The predicted octanol–water partition coefficient (Wildman–Crippen LogP) is 3.34. The van der Waals surface area contributed by atoms with Crippen molar-refractivity contribution in [3.63, 3.8) is 0 Å². The third-order valence-electron chi connectivity index (χ3n) is 5.02. The molecule has 1 fully saturated rings. The van der Waals surface area contributed by atoms with Gasteiger partial charge in [-0.05, 0) is 42.3 Å². The number of carbonyl (C=O) groups is 1. The molecule has 1 aromatic carbocycles. The third-order valence-corrected chi connectivity index (χ3v) is 8.61. The number of methoxy groups -OCH3 is 1. The summed E-state index contributed by atoms with van der Waals surface area (Å²) in [5, 5.41) is 2.60. The fraction of sp³-hybridized carbons (Fsp3) is 0.368. The number of sulfonamides is 1. The minimum atomic E-state index is -3.75.